The van der Waals surface area contributed by atoms with Crippen LogP contribution in [0.15, 0.2) is 72.5 Å². The van der Waals surface area contributed by atoms with Gasteiger partial charge in [0.25, 0.3) is 5.91 Å². The van der Waals surface area contributed by atoms with Crippen LogP contribution in [-0.2, 0) is 38.1 Å². The van der Waals surface area contributed by atoms with E-state index in [1.54, 1.807) is 0 Å². The number of benzene rings is 2. The lowest BCUT2D eigenvalue weighted by atomic mass is 9.76. The molecule has 2 aromatic rings. The number of unbranched alkanes of at least 4 members (excludes halogenated alkanes) is 2. The maximum Gasteiger partial charge on any atom is 0.332 e. The van der Waals surface area contributed by atoms with Crippen LogP contribution in [0.5, 0.6) is 0 Å². The Bertz CT molecular complexity index is 1720. The predicted octanol–water partition coefficient (Wildman–Crippen LogP) is 7.08. The van der Waals surface area contributed by atoms with Gasteiger partial charge in [-0.15, -0.1) is 5.06 Å². The highest BCUT2D eigenvalue weighted by Gasteiger charge is 2.47. The van der Waals surface area contributed by atoms with Gasteiger partial charge in [-0.25, -0.2) is 4.79 Å². The minimum Gasteiger partial charge on any atom is -0.370 e. The molecule has 7 nitrogen and oxygen atoms in total. The van der Waals surface area contributed by atoms with Crippen LogP contribution >= 0.6 is 0 Å². The Hall–Kier alpha value is -3.97. The van der Waals surface area contributed by atoms with E-state index in [2.05, 4.69) is 97.0 Å². The van der Waals surface area contributed by atoms with Crippen LogP contribution in [0.3, 0.4) is 0 Å². The number of rotatable bonds is 10. The minimum atomic E-state index is -1.03. The maximum absolute atomic E-state index is 12.4. The fraction of sp³-hybridized carbons (Fsp3) is 0.475. The average Bonchev–Trinajstić information content (AvgIpc) is 3.59. The third-order valence-electron chi connectivity index (χ3n) is 11.1. The van der Waals surface area contributed by atoms with Crippen LogP contribution < -0.4 is 4.90 Å². The second-order valence-corrected chi connectivity index (χ2v) is 14.5. The number of carbonyl (C=O) groups excluding carboxylic acids is 2. The van der Waals surface area contributed by atoms with Gasteiger partial charge in [-0.3, -0.25) is 4.79 Å². The molecule has 1 amide bonds. The van der Waals surface area contributed by atoms with Gasteiger partial charge in [0.2, 0.25) is 5.69 Å². The van der Waals surface area contributed by atoms with E-state index >= 15 is 0 Å². The molecule has 5 heterocycles. The summed E-state index contributed by atoms with van der Waals surface area (Å²) in [5, 5.41) is 10.7. The van der Waals surface area contributed by atoms with Gasteiger partial charge in [0.1, 0.15) is 6.54 Å². The van der Waals surface area contributed by atoms with E-state index in [4.69, 9.17) is 4.84 Å². The third-order valence-corrected chi connectivity index (χ3v) is 11.1. The van der Waals surface area contributed by atoms with Crippen molar-refractivity contribution < 1.29 is 24.1 Å². The molecule has 7 rings (SSSR count). The molecular weight excluding hydrogens is 586 g/mol. The first-order valence-electron chi connectivity index (χ1n) is 17.6. The monoisotopic (exact) mass is 634 g/mol. The molecule has 2 atom stereocenters. The van der Waals surface area contributed by atoms with Crippen molar-refractivity contribution in [3.63, 3.8) is 0 Å². The Balaban J connectivity index is 1.05. The van der Waals surface area contributed by atoms with E-state index in [-0.39, 0.29) is 29.6 Å². The maximum atomic E-state index is 12.4. The number of nitrogens with zero attached hydrogens (tertiary/aromatic N) is 3. The van der Waals surface area contributed by atoms with Crippen molar-refractivity contribution in [1.82, 2.24) is 5.06 Å². The highest BCUT2D eigenvalue weighted by atomic mass is 16.7. The summed E-state index contributed by atoms with van der Waals surface area (Å²) in [6, 6.07) is 13.6. The quantitative estimate of drug-likeness (QED) is 0.172. The topological polar surface area (TPSA) is 73.1 Å². The first-order valence-corrected chi connectivity index (χ1v) is 17.6. The Morgan fingerprint density at radius 2 is 1.77 bits per heavy atom. The second-order valence-electron chi connectivity index (χ2n) is 14.5. The van der Waals surface area contributed by atoms with Crippen LogP contribution in [0, 0.1) is 0 Å². The van der Waals surface area contributed by atoms with Crippen molar-refractivity contribution in [1.29, 1.82) is 0 Å². The molecule has 0 bridgehead atoms. The zero-order valence-corrected chi connectivity index (χ0v) is 28.1. The zero-order chi connectivity index (χ0) is 32.8. The third kappa shape index (κ3) is 5.56. The normalized spacial score (nSPS) is 25.1. The first-order chi connectivity index (χ1) is 22.7. The number of aliphatic hydroxyl groups is 1. The number of aliphatic hydroxyl groups excluding tert-OH is 1. The lowest BCUT2D eigenvalue weighted by Gasteiger charge is -2.32. The van der Waals surface area contributed by atoms with Gasteiger partial charge in [-0.05, 0) is 70.1 Å². The Kier molecular flexibility index (Phi) is 8.46. The van der Waals surface area contributed by atoms with E-state index in [9.17, 15) is 14.7 Å². The summed E-state index contributed by atoms with van der Waals surface area (Å²) in [5.74, 6) is -0.794. The van der Waals surface area contributed by atoms with Gasteiger partial charge in [-0.1, -0.05) is 67.5 Å². The van der Waals surface area contributed by atoms with E-state index in [0.717, 1.165) is 56.7 Å². The SMILES string of the molecule is CC1(C)C(C=CC=CC=C2N3CCCc4cccc(c43)C2(C)CCCCCC(=O)ON2C(=O)CCC2O)=[N+]2CCCc3cccc1c32. The number of carbonyl (C=O) groups is 2. The van der Waals surface area contributed by atoms with Gasteiger partial charge < -0.3 is 14.8 Å². The molecule has 0 spiro atoms. The van der Waals surface area contributed by atoms with Crippen molar-refractivity contribution in [3.8, 4) is 0 Å². The standard InChI is InChI=1S/C40H48N3O4/c1-39(2)30-18-10-14-28-16-12-26-41(37(28)30)32(39)20-6-4-7-21-33-40(3,31-19-11-15-29-17-13-27-42(33)38(29)31)25-9-5-8-22-36(46)47-43-34(44)23-24-35(43)45/h4,6-7,10-11,14-15,18-21,34,44H,5,8-9,12-13,16-17,22-27H2,1-3H3/q+1. The van der Waals surface area contributed by atoms with Crippen molar-refractivity contribution in [2.45, 2.75) is 108 Å². The molecule has 0 aliphatic carbocycles. The Morgan fingerprint density at radius 1 is 0.979 bits per heavy atom. The van der Waals surface area contributed by atoms with Gasteiger partial charge in [0.15, 0.2) is 11.9 Å². The number of aryl methyl sites for hydroxylation is 2. The number of amides is 1. The lowest BCUT2D eigenvalue weighted by molar-refractivity contribution is -0.443. The molecule has 0 saturated carbocycles. The summed E-state index contributed by atoms with van der Waals surface area (Å²) < 4.78 is 2.55. The van der Waals surface area contributed by atoms with Crippen molar-refractivity contribution >= 4 is 29.0 Å². The summed E-state index contributed by atoms with van der Waals surface area (Å²) in [5.41, 5.74) is 11.2. The first kappa shape index (κ1) is 31.6. The highest BCUT2D eigenvalue weighted by Crippen LogP contribution is 2.53. The average molecular weight is 635 g/mol. The Labute approximate surface area is 278 Å². The molecule has 5 aliphatic rings. The van der Waals surface area contributed by atoms with Crippen LogP contribution in [0.4, 0.5) is 11.4 Å². The van der Waals surface area contributed by atoms with Gasteiger partial charge in [-0.2, -0.15) is 4.58 Å². The molecule has 7 heteroatoms. The van der Waals surface area contributed by atoms with E-state index in [1.807, 2.05) is 0 Å². The van der Waals surface area contributed by atoms with Crippen LogP contribution in [-0.4, -0.2) is 51.7 Å². The number of hydrogen-bond acceptors (Lipinski definition) is 5. The second kappa shape index (κ2) is 12.6. The number of anilines is 1. The van der Waals surface area contributed by atoms with E-state index in [1.165, 1.54) is 51.5 Å². The largest absolute Gasteiger partial charge is 0.370 e. The fourth-order valence-electron chi connectivity index (χ4n) is 8.68. The zero-order valence-electron chi connectivity index (χ0n) is 28.1. The van der Waals surface area contributed by atoms with Crippen LogP contribution in [0.2, 0.25) is 0 Å². The van der Waals surface area contributed by atoms with E-state index in [0.29, 0.717) is 12.8 Å². The number of allylic oxidation sites excluding steroid dienone is 6. The molecular formula is C40H48N3O4+. The number of hydrogen-bond donors (Lipinski definition) is 1. The minimum absolute atomic E-state index is 0.0159. The highest BCUT2D eigenvalue weighted by molar-refractivity contribution is 6.03. The molecule has 2 aromatic carbocycles. The molecule has 1 N–H and O–H groups in total. The number of hydroxylamine groups is 2. The molecule has 0 aromatic heterocycles. The summed E-state index contributed by atoms with van der Waals surface area (Å²) in [6.07, 6.45) is 19.1. The smallest absolute Gasteiger partial charge is 0.332 e. The predicted molar refractivity (Wildman–Crippen MR) is 185 cm³/mol. The molecule has 2 unspecified atom stereocenters. The van der Waals surface area contributed by atoms with Crippen molar-refractivity contribution in [2.24, 2.45) is 0 Å². The summed E-state index contributed by atoms with van der Waals surface area (Å²) >= 11 is 0. The van der Waals surface area contributed by atoms with E-state index < -0.39 is 12.2 Å². The molecule has 1 saturated heterocycles. The fourth-order valence-corrected chi connectivity index (χ4v) is 8.68. The molecule has 47 heavy (non-hydrogen) atoms. The van der Waals surface area contributed by atoms with Crippen LogP contribution in [0.1, 0.15) is 101 Å². The van der Waals surface area contributed by atoms with Crippen molar-refractivity contribution in [3.05, 3.63) is 94.7 Å². The van der Waals surface area contributed by atoms with Gasteiger partial charge in [0.05, 0.1) is 5.41 Å². The van der Waals surface area contributed by atoms with Crippen LogP contribution in [0.25, 0.3) is 0 Å². The molecule has 0 radical (unpaired) electrons. The lowest BCUT2D eigenvalue weighted by Crippen LogP contribution is -2.35. The summed E-state index contributed by atoms with van der Waals surface area (Å²) in [6.45, 7) is 9.19. The molecule has 1 fully saturated rings. The number of para-hydroxylation sites is 2. The van der Waals surface area contributed by atoms with Gasteiger partial charge in [0, 0.05) is 66.2 Å². The van der Waals surface area contributed by atoms with Gasteiger partial charge >= 0.3 is 5.97 Å². The molecule has 5 aliphatic heterocycles. The Morgan fingerprint density at radius 3 is 2.57 bits per heavy atom. The summed E-state index contributed by atoms with van der Waals surface area (Å²) in [7, 11) is 0. The molecule has 246 valence electrons. The summed E-state index contributed by atoms with van der Waals surface area (Å²) in [4.78, 5) is 31.9. The van der Waals surface area contributed by atoms with Crippen molar-refractivity contribution in [2.75, 3.05) is 18.0 Å².